The lowest BCUT2D eigenvalue weighted by molar-refractivity contribution is -0.162. The number of hydrogen-bond acceptors (Lipinski definition) is 4. The molecule has 2 aromatic heterocycles. The molecule has 33 heavy (non-hydrogen) atoms. The first-order chi connectivity index (χ1) is 16.0. The summed E-state index contributed by atoms with van der Waals surface area (Å²) in [5.74, 6) is 4.50. The van der Waals surface area contributed by atoms with Crippen molar-refractivity contribution in [2.24, 2.45) is 40.4 Å². The van der Waals surface area contributed by atoms with Gasteiger partial charge in [-0.2, -0.15) is 0 Å². The van der Waals surface area contributed by atoms with Crippen LogP contribution in [-0.2, 0) is 6.42 Å². The van der Waals surface area contributed by atoms with Gasteiger partial charge in [0.15, 0.2) is 5.65 Å². The third-order valence-corrected chi connectivity index (χ3v) is 11.2. The van der Waals surface area contributed by atoms with Crippen LogP contribution in [0.5, 0.6) is 0 Å². The summed E-state index contributed by atoms with van der Waals surface area (Å²) in [7, 11) is 0. The van der Waals surface area contributed by atoms with E-state index in [1.807, 2.05) is 24.5 Å². The van der Waals surface area contributed by atoms with Gasteiger partial charge in [-0.3, -0.25) is 0 Å². The van der Waals surface area contributed by atoms with Gasteiger partial charge in [-0.05, 0) is 110 Å². The molecule has 4 aliphatic carbocycles. The average Bonchev–Trinajstić information content (AvgIpc) is 3.15. The van der Waals surface area contributed by atoms with Crippen molar-refractivity contribution >= 4 is 11.0 Å². The van der Waals surface area contributed by atoms with Gasteiger partial charge < -0.3 is 5.11 Å². The van der Waals surface area contributed by atoms with Crippen LogP contribution >= 0.6 is 0 Å². The van der Waals surface area contributed by atoms with E-state index in [1.54, 1.807) is 0 Å². The third kappa shape index (κ3) is 3.54. The maximum Gasteiger partial charge on any atom is 0.162 e. The van der Waals surface area contributed by atoms with Crippen LogP contribution < -0.4 is 0 Å². The quantitative estimate of drug-likeness (QED) is 0.592. The molecule has 8 unspecified atom stereocenters. The normalized spacial score (nSPS) is 42.5. The fourth-order valence-corrected chi connectivity index (χ4v) is 9.36. The summed E-state index contributed by atoms with van der Waals surface area (Å²) in [5, 5.41) is 12.4. The lowest BCUT2D eigenvalue weighted by Crippen LogP contribution is -2.57. The van der Waals surface area contributed by atoms with E-state index in [0.29, 0.717) is 16.7 Å². The van der Waals surface area contributed by atoms with Gasteiger partial charge in [-0.1, -0.05) is 26.7 Å². The number of aromatic nitrogens is 3. The maximum absolute atomic E-state index is 11.4. The van der Waals surface area contributed by atoms with Crippen molar-refractivity contribution in [3.05, 3.63) is 30.4 Å². The molecule has 0 saturated heterocycles. The second kappa shape index (κ2) is 8.29. The molecule has 6 rings (SSSR count). The highest BCUT2D eigenvalue weighted by Crippen LogP contribution is 2.67. The minimum absolute atomic E-state index is 0.0620. The number of fused-ring (bicyclic) bond motifs is 6. The van der Waals surface area contributed by atoms with Crippen LogP contribution in [0, 0.1) is 40.4 Å². The number of aryl methyl sites for hydroxylation is 1. The first-order valence-electron chi connectivity index (χ1n) is 13.7. The number of hydrogen-bond donors (Lipinski definition) is 1. The summed E-state index contributed by atoms with van der Waals surface area (Å²) in [6.07, 6.45) is 19.0. The Bertz CT molecular complexity index is 1010. The highest BCUT2D eigenvalue weighted by atomic mass is 16.3. The van der Waals surface area contributed by atoms with E-state index < -0.39 is 0 Å². The number of rotatable bonds is 4. The van der Waals surface area contributed by atoms with Crippen LogP contribution in [0.2, 0.25) is 0 Å². The monoisotopic (exact) mass is 447 g/mol. The highest BCUT2D eigenvalue weighted by molar-refractivity contribution is 5.72. The highest BCUT2D eigenvalue weighted by Gasteiger charge is 2.61. The molecule has 4 heteroatoms. The Morgan fingerprint density at radius 3 is 2.79 bits per heavy atom. The van der Waals surface area contributed by atoms with Crippen molar-refractivity contribution in [1.29, 1.82) is 0 Å². The first kappa shape index (κ1) is 21.9. The van der Waals surface area contributed by atoms with E-state index in [9.17, 15) is 5.11 Å². The van der Waals surface area contributed by atoms with Gasteiger partial charge in [0.1, 0.15) is 5.82 Å². The molecular formula is C29H41N3O. The molecule has 0 spiro atoms. The smallest absolute Gasteiger partial charge is 0.162 e. The second-order valence-corrected chi connectivity index (χ2v) is 12.5. The summed E-state index contributed by atoms with van der Waals surface area (Å²) in [6, 6.07) is 3.97. The fraction of sp³-hybridized carbons (Fsp3) is 0.759. The molecule has 0 aliphatic heterocycles. The Kier molecular flexibility index (Phi) is 5.51. The molecule has 1 N–H and O–H groups in total. The Hall–Kier alpha value is -1.55. The molecule has 0 amide bonds. The van der Waals surface area contributed by atoms with Gasteiger partial charge in [0.05, 0.1) is 6.10 Å². The van der Waals surface area contributed by atoms with Gasteiger partial charge >= 0.3 is 0 Å². The van der Waals surface area contributed by atoms with Crippen molar-refractivity contribution in [3.63, 3.8) is 0 Å². The Labute approximate surface area is 199 Å². The van der Waals surface area contributed by atoms with Crippen LogP contribution in [0.1, 0.15) is 90.3 Å². The van der Waals surface area contributed by atoms with Crippen molar-refractivity contribution in [3.8, 4) is 0 Å². The molecule has 4 saturated carbocycles. The fourth-order valence-electron chi connectivity index (χ4n) is 9.36. The molecule has 0 bridgehead atoms. The molecule has 4 fully saturated rings. The molecule has 4 nitrogen and oxygen atoms in total. The lowest BCUT2D eigenvalue weighted by atomic mass is 9.44. The van der Waals surface area contributed by atoms with Gasteiger partial charge in [-0.25, -0.2) is 15.0 Å². The molecule has 4 aliphatic rings. The summed E-state index contributed by atoms with van der Waals surface area (Å²) in [4.78, 5) is 13.7. The maximum atomic E-state index is 11.4. The number of aliphatic hydroxyl groups excluding tert-OH is 1. The van der Waals surface area contributed by atoms with Gasteiger partial charge in [0, 0.05) is 24.2 Å². The Morgan fingerprint density at radius 2 is 1.88 bits per heavy atom. The largest absolute Gasteiger partial charge is 0.393 e. The predicted molar refractivity (Wildman–Crippen MR) is 131 cm³/mol. The zero-order valence-electron chi connectivity index (χ0n) is 20.5. The summed E-state index contributed by atoms with van der Waals surface area (Å²) < 4.78 is 0. The number of pyridine rings is 1. The molecule has 178 valence electrons. The topological polar surface area (TPSA) is 58.9 Å². The Balaban J connectivity index is 1.14. The average molecular weight is 448 g/mol. The van der Waals surface area contributed by atoms with Crippen LogP contribution in [0.3, 0.4) is 0 Å². The van der Waals surface area contributed by atoms with Crippen LogP contribution in [0.4, 0.5) is 0 Å². The van der Waals surface area contributed by atoms with Crippen LogP contribution in [-0.4, -0.2) is 26.2 Å². The second-order valence-electron chi connectivity index (χ2n) is 12.5. The standard InChI is InChI=1S/C29H41N3O/c1-28-14-4-3-8-21(28)17-24(33)26-22-12-11-20(29(22,2)15-13-23(26)28)9-5-10-25-31-18-19-7-6-16-30-27(19)32-25/h6-7,16,18,20-24,26,33H,3-5,8-15,17H2,1-2H3. The van der Waals surface area contributed by atoms with Crippen molar-refractivity contribution in [2.45, 2.75) is 97.0 Å². The van der Waals surface area contributed by atoms with Gasteiger partial charge in [-0.15, -0.1) is 0 Å². The molecule has 8 atom stereocenters. The molecule has 2 aromatic rings. The molecular weight excluding hydrogens is 406 g/mol. The summed E-state index contributed by atoms with van der Waals surface area (Å²) >= 11 is 0. The zero-order chi connectivity index (χ0) is 22.6. The summed E-state index contributed by atoms with van der Waals surface area (Å²) in [6.45, 7) is 5.19. The van der Waals surface area contributed by atoms with E-state index >= 15 is 0 Å². The van der Waals surface area contributed by atoms with E-state index in [-0.39, 0.29) is 6.10 Å². The predicted octanol–water partition coefficient (Wildman–Crippen LogP) is 6.37. The first-order valence-corrected chi connectivity index (χ1v) is 13.7. The van der Waals surface area contributed by atoms with E-state index in [0.717, 1.165) is 59.8 Å². The number of aliphatic hydroxyl groups is 1. The SMILES string of the molecule is CC12CCC3C(C(O)CC4CCCCC43C)C1CCC2CCCc1ncc2cccnc2n1. The Morgan fingerprint density at radius 1 is 1.00 bits per heavy atom. The zero-order valence-corrected chi connectivity index (χ0v) is 20.5. The molecule has 2 heterocycles. The molecule has 0 radical (unpaired) electrons. The minimum atomic E-state index is -0.0620. The van der Waals surface area contributed by atoms with E-state index in [4.69, 9.17) is 4.98 Å². The van der Waals surface area contributed by atoms with Crippen molar-refractivity contribution in [2.75, 3.05) is 0 Å². The van der Waals surface area contributed by atoms with E-state index in [2.05, 4.69) is 23.8 Å². The van der Waals surface area contributed by atoms with Crippen molar-refractivity contribution < 1.29 is 5.11 Å². The van der Waals surface area contributed by atoms with E-state index in [1.165, 1.54) is 57.8 Å². The molecule has 0 aromatic carbocycles. The summed E-state index contributed by atoms with van der Waals surface area (Å²) in [5.41, 5.74) is 1.71. The third-order valence-electron chi connectivity index (χ3n) is 11.2. The van der Waals surface area contributed by atoms with Crippen LogP contribution in [0.15, 0.2) is 24.5 Å². The minimum Gasteiger partial charge on any atom is -0.393 e. The lowest BCUT2D eigenvalue weighted by Gasteiger charge is -2.62. The van der Waals surface area contributed by atoms with Gasteiger partial charge in [0.2, 0.25) is 0 Å². The van der Waals surface area contributed by atoms with Crippen LogP contribution in [0.25, 0.3) is 11.0 Å². The van der Waals surface area contributed by atoms with Crippen molar-refractivity contribution in [1.82, 2.24) is 15.0 Å². The van der Waals surface area contributed by atoms with Gasteiger partial charge in [0.25, 0.3) is 0 Å². The number of nitrogens with zero attached hydrogens (tertiary/aromatic N) is 3.